The molecule has 0 aliphatic heterocycles. The molecule has 0 saturated heterocycles. The number of hydrogen-bond donors (Lipinski definition) is 0. The molecule has 0 heterocycles. The van der Waals surface area contributed by atoms with E-state index in [1.165, 1.54) is 30.4 Å². The molecular formula is C13H25N. The van der Waals surface area contributed by atoms with Gasteiger partial charge in [-0.05, 0) is 37.7 Å². The first kappa shape index (κ1) is 13.4. The molecule has 0 fully saturated rings. The molecule has 0 spiro atoms. The minimum atomic E-state index is 0.849. The number of nitrogens with zero attached hydrogens (tertiary/aromatic N) is 1. The molecule has 14 heavy (non-hydrogen) atoms. The first-order valence-electron chi connectivity index (χ1n) is 5.76. The Hall–Kier alpha value is -0.590. The molecule has 0 aromatic rings. The number of rotatable bonds is 6. The predicted molar refractivity (Wildman–Crippen MR) is 66.1 cm³/mol. The third kappa shape index (κ3) is 5.21. The van der Waals surface area contributed by atoms with Crippen molar-refractivity contribution in [2.75, 3.05) is 7.05 Å². The van der Waals surface area contributed by atoms with Crippen molar-refractivity contribution < 1.29 is 0 Å². The van der Waals surface area contributed by atoms with Gasteiger partial charge in [-0.1, -0.05) is 32.8 Å². The summed E-state index contributed by atoms with van der Waals surface area (Å²) in [6.07, 6.45) is 6.93. The van der Waals surface area contributed by atoms with Crippen molar-refractivity contribution in [3.05, 3.63) is 11.1 Å². The molecule has 0 aliphatic carbocycles. The van der Waals surface area contributed by atoms with Gasteiger partial charge in [-0.3, -0.25) is 4.99 Å². The van der Waals surface area contributed by atoms with Crippen LogP contribution >= 0.6 is 0 Å². The smallest absolute Gasteiger partial charge is 0.0277 e. The summed E-state index contributed by atoms with van der Waals surface area (Å²) in [6, 6.07) is 0. The normalized spacial score (nSPS) is 15.8. The number of aliphatic imine (C=N–C) groups is 1. The fraction of sp³-hybridized carbons (Fsp3) is 0.769. The summed E-state index contributed by atoms with van der Waals surface area (Å²) in [5.74, 6) is 0.849. The molecule has 0 amide bonds. The van der Waals surface area contributed by atoms with Crippen LogP contribution in [0.25, 0.3) is 0 Å². The Labute approximate surface area is 89.3 Å². The van der Waals surface area contributed by atoms with E-state index in [1.54, 1.807) is 0 Å². The quantitative estimate of drug-likeness (QED) is 0.562. The van der Waals surface area contributed by atoms with Crippen LogP contribution in [-0.4, -0.2) is 13.3 Å². The lowest BCUT2D eigenvalue weighted by molar-refractivity contribution is 0.514. The second-order valence-electron chi connectivity index (χ2n) is 4.10. The van der Waals surface area contributed by atoms with E-state index in [-0.39, 0.29) is 0 Å². The highest BCUT2D eigenvalue weighted by molar-refractivity contribution is 5.79. The van der Waals surface area contributed by atoms with Crippen LogP contribution in [-0.2, 0) is 0 Å². The van der Waals surface area contributed by atoms with E-state index >= 15 is 0 Å². The SMILES string of the molecule is CC/C(C=NC)=C(/C)CCC(C)CC. The molecule has 1 unspecified atom stereocenters. The zero-order valence-corrected chi connectivity index (χ0v) is 10.4. The molecule has 0 aromatic carbocycles. The minimum absolute atomic E-state index is 0.849. The molecular weight excluding hydrogens is 170 g/mol. The minimum Gasteiger partial charge on any atom is -0.296 e. The summed E-state index contributed by atoms with van der Waals surface area (Å²) in [6.45, 7) is 9.03. The van der Waals surface area contributed by atoms with Crippen LogP contribution in [0.3, 0.4) is 0 Å². The Kier molecular flexibility index (Phi) is 7.45. The van der Waals surface area contributed by atoms with Gasteiger partial charge in [-0.2, -0.15) is 0 Å². The zero-order valence-electron chi connectivity index (χ0n) is 10.4. The van der Waals surface area contributed by atoms with Crippen LogP contribution < -0.4 is 0 Å². The summed E-state index contributed by atoms with van der Waals surface area (Å²) in [4.78, 5) is 4.09. The molecule has 1 nitrogen and oxygen atoms in total. The monoisotopic (exact) mass is 195 g/mol. The van der Waals surface area contributed by atoms with Gasteiger partial charge in [0, 0.05) is 13.3 Å². The topological polar surface area (TPSA) is 12.4 Å². The average Bonchev–Trinajstić information content (AvgIpc) is 2.21. The van der Waals surface area contributed by atoms with E-state index in [2.05, 4.69) is 32.7 Å². The largest absolute Gasteiger partial charge is 0.296 e. The molecule has 0 radical (unpaired) electrons. The fourth-order valence-electron chi connectivity index (χ4n) is 1.49. The third-order valence-electron chi connectivity index (χ3n) is 2.92. The van der Waals surface area contributed by atoms with E-state index in [0.29, 0.717) is 0 Å². The van der Waals surface area contributed by atoms with Crippen molar-refractivity contribution in [3.63, 3.8) is 0 Å². The number of allylic oxidation sites excluding steroid dienone is 2. The predicted octanol–water partition coefficient (Wildman–Crippen LogP) is 4.24. The van der Waals surface area contributed by atoms with Gasteiger partial charge in [0.1, 0.15) is 0 Å². The summed E-state index contributed by atoms with van der Waals surface area (Å²) in [7, 11) is 1.84. The van der Waals surface area contributed by atoms with E-state index in [4.69, 9.17) is 0 Å². The standard InChI is InChI=1S/C13H25N/c1-6-11(3)8-9-12(4)13(7-2)10-14-5/h10-11H,6-9H2,1-5H3/b13-12+,14-10?. The Morgan fingerprint density at radius 1 is 1.36 bits per heavy atom. The van der Waals surface area contributed by atoms with Crippen molar-refractivity contribution in [2.45, 2.75) is 53.4 Å². The highest BCUT2D eigenvalue weighted by atomic mass is 14.6. The van der Waals surface area contributed by atoms with Crippen molar-refractivity contribution >= 4 is 6.21 Å². The van der Waals surface area contributed by atoms with Gasteiger partial charge in [-0.15, -0.1) is 0 Å². The fourth-order valence-corrected chi connectivity index (χ4v) is 1.49. The molecule has 0 aliphatic rings. The lowest BCUT2D eigenvalue weighted by Crippen LogP contribution is -1.95. The van der Waals surface area contributed by atoms with E-state index in [9.17, 15) is 0 Å². The Bertz CT molecular complexity index is 201. The average molecular weight is 195 g/mol. The maximum absolute atomic E-state index is 4.09. The Morgan fingerprint density at radius 3 is 2.43 bits per heavy atom. The lowest BCUT2D eigenvalue weighted by atomic mass is 9.96. The van der Waals surface area contributed by atoms with Gasteiger partial charge in [0.05, 0.1) is 0 Å². The molecule has 0 rings (SSSR count). The first-order valence-corrected chi connectivity index (χ1v) is 5.76. The number of hydrogen-bond acceptors (Lipinski definition) is 1. The second-order valence-corrected chi connectivity index (χ2v) is 4.10. The summed E-state index contributed by atoms with van der Waals surface area (Å²) < 4.78 is 0. The molecule has 1 heteroatoms. The van der Waals surface area contributed by atoms with Gasteiger partial charge in [0.25, 0.3) is 0 Å². The van der Waals surface area contributed by atoms with Crippen LogP contribution in [0.1, 0.15) is 53.4 Å². The van der Waals surface area contributed by atoms with Crippen LogP contribution in [0.2, 0.25) is 0 Å². The van der Waals surface area contributed by atoms with Gasteiger partial charge in [0.15, 0.2) is 0 Å². The second kappa shape index (κ2) is 7.78. The van der Waals surface area contributed by atoms with Crippen LogP contribution in [0.5, 0.6) is 0 Å². The summed E-state index contributed by atoms with van der Waals surface area (Å²) >= 11 is 0. The van der Waals surface area contributed by atoms with Crippen molar-refractivity contribution in [1.82, 2.24) is 0 Å². The third-order valence-corrected chi connectivity index (χ3v) is 2.92. The van der Waals surface area contributed by atoms with E-state index in [0.717, 1.165) is 12.3 Å². The van der Waals surface area contributed by atoms with Crippen molar-refractivity contribution in [3.8, 4) is 0 Å². The molecule has 1 atom stereocenters. The summed E-state index contributed by atoms with van der Waals surface area (Å²) in [5, 5.41) is 0. The van der Waals surface area contributed by atoms with Crippen LogP contribution in [0.15, 0.2) is 16.1 Å². The zero-order chi connectivity index (χ0) is 11.0. The van der Waals surface area contributed by atoms with Crippen molar-refractivity contribution in [2.24, 2.45) is 10.9 Å². The Balaban J connectivity index is 4.19. The maximum atomic E-state index is 4.09. The highest BCUT2D eigenvalue weighted by Crippen LogP contribution is 2.17. The van der Waals surface area contributed by atoms with Gasteiger partial charge < -0.3 is 0 Å². The van der Waals surface area contributed by atoms with Crippen LogP contribution in [0, 0.1) is 5.92 Å². The van der Waals surface area contributed by atoms with Gasteiger partial charge in [-0.25, -0.2) is 0 Å². The molecule has 0 bridgehead atoms. The summed E-state index contributed by atoms with van der Waals surface area (Å²) in [5.41, 5.74) is 2.93. The van der Waals surface area contributed by atoms with Gasteiger partial charge in [0.2, 0.25) is 0 Å². The maximum Gasteiger partial charge on any atom is 0.0277 e. The lowest BCUT2D eigenvalue weighted by Gasteiger charge is -2.10. The molecule has 82 valence electrons. The molecule has 0 saturated carbocycles. The molecule has 0 N–H and O–H groups in total. The first-order chi connectivity index (χ1) is 6.65. The van der Waals surface area contributed by atoms with Gasteiger partial charge >= 0.3 is 0 Å². The highest BCUT2D eigenvalue weighted by Gasteiger charge is 2.02. The van der Waals surface area contributed by atoms with Crippen LogP contribution in [0.4, 0.5) is 0 Å². The molecule has 0 aromatic heterocycles. The van der Waals surface area contributed by atoms with Crippen molar-refractivity contribution in [1.29, 1.82) is 0 Å². The Morgan fingerprint density at radius 2 is 2.00 bits per heavy atom. The van der Waals surface area contributed by atoms with E-state index < -0.39 is 0 Å². The van der Waals surface area contributed by atoms with E-state index in [1.807, 2.05) is 13.3 Å².